The molecular formula is C24H41N3O3. The van der Waals surface area contributed by atoms with Crippen molar-refractivity contribution in [3.8, 4) is 0 Å². The minimum absolute atomic E-state index is 0.0640. The molecule has 4 rings (SSSR count). The van der Waals surface area contributed by atoms with E-state index in [9.17, 15) is 14.4 Å². The van der Waals surface area contributed by atoms with Gasteiger partial charge in [0.1, 0.15) is 0 Å². The van der Waals surface area contributed by atoms with Crippen LogP contribution in [-0.2, 0) is 14.4 Å². The molecule has 0 aromatic carbocycles. The third kappa shape index (κ3) is 5.76. The van der Waals surface area contributed by atoms with Gasteiger partial charge in [-0.25, -0.2) is 0 Å². The predicted molar refractivity (Wildman–Crippen MR) is 118 cm³/mol. The normalized spacial score (nSPS) is 33.9. The average Bonchev–Trinajstić information content (AvgIpc) is 2.65. The van der Waals surface area contributed by atoms with E-state index in [1.807, 2.05) is 0 Å². The third-order valence-corrected chi connectivity index (χ3v) is 8.04. The van der Waals surface area contributed by atoms with E-state index in [4.69, 9.17) is 0 Å². The van der Waals surface area contributed by atoms with Crippen molar-refractivity contribution in [1.29, 1.82) is 0 Å². The maximum atomic E-state index is 11.3. The molecule has 2 unspecified atom stereocenters. The van der Waals surface area contributed by atoms with E-state index < -0.39 is 0 Å². The van der Waals surface area contributed by atoms with Crippen LogP contribution in [0.4, 0.5) is 0 Å². The zero-order chi connectivity index (χ0) is 21.7. The van der Waals surface area contributed by atoms with E-state index in [2.05, 4.69) is 16.0 Å². The highest BCUT2D eigenvalue weighted by molar-refractivity contribution is 5.73. The molecule has 4 fully saturated rings. The first-order chi connectivity index (χ1) is 14.3. The second kappa shape index (κ2) is 9.69. The fourth-order valence-corrected chi connectivity index (χ4v) is 7.98. The van der Waals surface area contributed by atoms with Crippen LogP contribution in [0.5, 0.6) is 0 Å². The number of hydrogen-bond acceptors (Lipinski definition) is 3. The Morgan fingerprint density at radius 3 is 1.53 bits per heavy atom. The zero-order valence-electron chi connectivity index (χ0n) is 19.0. The van der Waals surface area contributed by atoms with Crippen LogP contribution in [0, 0.1) is 22.2 Å². The molecule has 0 spiro atoms. The first-order valence-corrected chi connectivity index (χ1v) is 12.0. The van der Waals surface area contributed by atoms with Gasteiger partial charge < -0.3 is 16.0 Å². The van der Waals surface area contributed by atoms with Gasteiger partial charge in [0.05, 0.1) is 0 Å². The summed E-state index contributed by atoms with van der Waals surface area (Å²) in [7, 11) is 0. The molecule has 4 aliphatic rings. The van der Waals surface area contributed by atoms with Crippen LogP contribution in [0.2, 0.25) is 0 Å². The minimum Gasteiger partial charge on any atom is -0.359 e. The highest BCUT2D eigenvalue weighted by Gasteiger charge is 2.61. The van der Waals surface area contributed by atoms with E-state index in [0.717, 1.165) is 51.2 Å². The smallest absolute Gasteiger partial charge is 0.216 e. The number of hydrogen-bond donors (Lipinski definition) is 3. The Hall–Kier alpha value is -1.59. The summed E-state index contributed by atoms with van der Waals surface area (Å²) in [6.45, 7) is 5.54. The summed E-state index contributed by atoms with van der Waals surface area (Å²) in [5.41, 5.74) is 1.26. The monoisotopic (exact) mass is 419 g/mol. The lowest BCUT2D eigenvalue weighted by Gasteiger charge is -2.67. The molecule has 0 aromatic heterocycles. The van der Waals surface area contributed by atoms with Gasteiger partial charge in [-0.3, -0.25) is 14.4 Å². The molecule has 4 saturated carbocycles. The highest BCUT2D eigenvalue weighted by atomic mass is 16.2. The van der Waals surface area contributed by atoms with Gasteiger partial charge in [-0.05, 0) is 99.2 Å². The molecule has 3 N–H and O–H groups in total. The topological polar surface area (TPSA) is 87.3 Å². The van der Waals surface area contributed by atoms with Crippen molar-refractivity contribution in [3.63, 3.8) is 0 Å². The molecule has 4 bridgehead atoms. The van der Waals surface area contributed by atoms with Gasteiger partial charge in [0.25, 0.3) is 0 Å². The van der Waals surface area contributed by atoms with E-state index in [-0.39, 0.29) is 11.8 Å². The molecule has 30 heavy (non-hydrogen) atoms. The summed E-state index contributed by atoms with van der Waals surface area (Å²) >= 11 is 0. The Morgan fingerprint density at radius 2 is 1.17 bits per heavy atom. The van der Waals surface area contributed by atoms with Gasteiger partial charge >= 0.3 is 0 Å². The van der Waals surface area contributed by atoms with Gasteiger partial charge in [0, 0.05) is 33.5 Å². The molecule has 3 amide bonds. The quantitative estimate of drug-likeness (QED) is 0.316. The van der Waals surface area contributed by atoms with Crippen molar-refractivity contribution in [2.24, 2.45) is 22.2 Å². The molecule has 0 radical (unpaired) electrons. The molecule has 2 atom stereocenters. The number of carbonyl (C=O) groups is 3. The van der Waals surface area contributed by atoms with Gasteiger partial charge in [-0.1, -0.05) is 0 Å². The first-order valence-electron chi connectivity index (χ1n) is 12.0. The number of rotatable bonds is 13. The predicted octanol–water partition coefficient (Wildman–Crippen LogP) is 3.30. The largest absolute Gasteiger partial charge is 0.359 e. The molecule has 0 saturated heterocycles. The van der Waals surface area contributed by atoms with Crippen molar-refractivity contribution in [1.82, 2.24) is 16.0 Å². The lowest BCUT2D eigenvalue weighted by Crippen LogP contribution is -2.57. The van der Waals surface area contributed by atoms with Crippen LogP contribution in [0.25, 0.3) is 0 Å². The van der Waals surface area contributed by atoms with Crippen molar-refractivity contribution in [2.75, 3.05) is 19.6 Å². The van der Waals surface area contributed by atoms with Crippen molar-refractivity contribution in [3.05, 3.63) is 0 Å². The average molecular weight is 420 g/mol. The van der Waals surface area contributed by atoms with Gasteiger partial charge in [0.2, 0.25) is 18.2 Å². The standard InChI is InChI=1S/C24H41N3O3/c1-19(29)26-10-4-7-23-13-21-12-22(15-23,6-3-9-25-18-28)16-24(14-21,17-23)8-5-11-27-20(2)30/h18,21H,3-17H2,1-2H3,(H,25,28)(H,26,29)(H,27,30). The molecule has 0 heterocycles. The fraction of sp³-hybridized carbons (Fsp3) is 0.875. The lowest BCUT2D eigenvalue weighted by atomic mass is 9.37. The molecule has 6 nitrogen and oxygen atoms in total. The molecule has 4 aliphatic carbocycles. The zero-order valence-corrected chi connectivity index (χ0v) is 19.0. The number of amides is 3. The Bertz CT molecular complexity index is 597. The molecule has 0 aromatic rings. The number of carbonyl (C=O) groups excluding carboxylic acids is 3. The summed E-state index contributed by atoms with van der Waals surface area (Å²) in [5.74, 6) is 0.949. The SMILES string of the molecule is CC(=O)NCCCC12CC3CC(CCCNC=O)(C1)CC(CCCNC(C)=O)(C3)C2. The van der Waals surface area contributed by atoms with Crippen LogP contribution in [0.15, 0.2) is 0 Å². The lowest BCUT2D eigenvalue weighted by molar-refractivity contribution is -0.168. The third-order valence-electron chi connectivity index (χ3n) is 8.04. The van der Waals surface area contributed by atoms with Crippen LogP contribution >= 0.6 is 0 Å². The van der Waals surface area contributed by atoms with E-state index >= 15 is 0 Å². The van der Waals surface area contributed by atoms with Gasteiger partial charge in [-0.15, -0.1) is 0 Å². The maximum absolute atomic E-state index is 11.3. The second-order valence-corrected chi connectivity index (χ2v) is 10.9. The van der Waals surface area contributed by atoms with E-state index in [1.54, 1.807) is 13.8 Å². The molecule has 6 heteroatoms. The summed E-state index contributed by atoms with van der Waals surface area (Å²) in [6.07, 6.45) is 15.7. The number of nitrogens with one attached hydrogen (secondary N) is 3. The maximum Gasteiger partial charge on any atom is 0.216 e. The Balaban J connectivity index is 1.68. The van der Waals surface area contributed by atoms with Crippen molar-refractivity contribution in [2.45, 2.75) is 90.9 Å². The van der Waals surface area contributed by atoms with Gasteiger partial charge in [-0.2, -0.15) is 0 Å². The summed E-state index contributed by atoms with van der Waals surface area (Å²) in [5, 5.41) is 8.80. The molecule has 170 valence electrons. The summed E-state index contributed by atoms with van der Waals surface area (Å²) < 4.78 is 0. The highest BCUT2D eigenvalue weighted by Crippen LogP contribution is 2.72. The second-order valence-electron chi connectivity index (χ2n) is 10.9. The van der Waals surface area contributed by atoms with Crippen LogP contribution in [-0.4, -0.2) is 37.9 Å². The summed E-state index contributed by atoms with van der Waals surface area (Å²) in [4.78, 5) is 33.2. The molecular weight excluding hydrogens is 378 g/mol. The fourth-order valence-electron chi connectivity index (χ4n) is 7.98. The van der Waals surface area contributed by atoms with E-state index in [1.165, 1.54) is 57.8 Å². The first kappa shape index (κ1) is 23.1. The minimum atomic E-state index is 0.0640. The Morgan fingerprint density at radius 1 is 0.767 bits per heavy atom. The Kier molecular flexibility index (Phi) is 7.46. The van der Waals surface area contributed by atoms with E-state index in [0.29, 0.717) is 16.2 Å². The van der Waals surface area contributed by atoms with Gasteiger partial charge in [0.15, 0.2) is 0 Å². The Labute approximate surface area is 181 Å². The van der Waals surface area contributed by atoms with Crippen LogP contribution in [0.3, 0.4) is 0 Å². The van der Waals surface area contributed by atoms with Crippen molar-refractivity contribution >= 4 is 18.2 Å². The van der Waals surface area contributed by atoms with Crippen LogP contribution < -0.4 is 16.0 Å². The van der Waals surface area contributed by atoms with Crippen LogP contribution in [0.1, 0.15) is 90.9 Å². The van der Waals surface area contributed by atoms with Crippen molar-refractivity contribution < 1.29 is 14.4 Å². The molecule has 0 aliphatic heterocycles. The summed E-state index contributed by atoms with van der Waals surface area (Å²) in [6, 6.07) is 0.